The van der Waals surface area contributed by atoms with Gasteiger partial charge in [0.05, 0.1) is 45.3 Å². The van der Waals surface area contributed by atoms with Crippen LogP contribution in [0.5, 0.6) is 5.75 Å². The van der Waals surface area contributed by atoms with E-state index in [2.05, 4.69) is 104 Å². The monoisotopic (exact) mass is 542 g/mol. The molecule has 203 valence electrons. The quantitative estimate of drug-likeness (QED) is 0.415. The van der Waals surface area contributed by atoms with Crippen molar-refractivity contribution in [2.45, 2.75) is 13.0 Å². The van der Waals surface area contributed by atoms with Crippen LogP contribution in [0.3, 0.4) is 0 Å². The Balaban J connectivity index is 1.44. The van der Waals surface area contributed by atoms with Crippen molar-refractivity contribution < 1.29 is 18.9 Å². The van der Waals surface area contributed by atoms with Gasteiger partial charge in [-0.15, -0.1) is 0 Å². The van der Waals surface area contributed by atoms with Gasteiger partial charge in [-0.25, -0.2) is 0 Å². The minimum absolute atomic E-state index is 0.101. The molecule has 5 nitrogen and oxygen atoms in total. The average molecular weight is 543 g/mol. The normalized spacial score (nSPS) is 19.6. The summed E-state index contributed by atoms with van der Waals surface area (Å²) in [6.45, 7) is 6.89. The molecular weight excluding hydrogens is 505 g/mol. The number of fused-ring (bicyclic) bond motifs is 1. The molecule has 1 heterocycles. The fourth-order valence-electron chi connectivity index (χ4n) is 4.99. The first-order valence-electron chi connectivity index (χ1n) is 13.7. The minimum Gasteiger partial charge on any atom is -0.489 e. The van der Waals surface area contributed by atoms with Crippen LogP contribution in [0.4, 0.5) is 5.69 Å². The molecule has 5 radical (unpaired) electrons. The Morgan fingerprint density at radius 2 is 1.21 bits per heavy atom. The van der Waals surface area contributed by atoms with Gasteiger partial charge >= 0.3 is 0 Å². The summed E-state index contributed by atoms with van der Waals surface area (Å²) in [4.78, 5) is 2.42. The average Bonchev–Trinajstić information content (AvgIpc) is 3.46. The van der Waals surface area contributed by atoms with E-state index < -0.39 is 7.92 Å². The van der Waals surface area contributed by atoms with E-state index >= 15 is 0 Å². The molecule has 0 unspecified atom stereocenters. The zero-order chi connectivity index (χ0) is 26.7. The maximum Gasteiger partial charge on any atom is 0.142 e. The zero-order valence-corrected chi connectivity index (χ0v) is 23.5. The summed E-state index contributed by atoms with van der Waals surface area (Å²) in [5.41, 5.74) is 2.45. The lowest BCUT2D eigenvalue weighted by Crippen LogP contribution is -2.41. The van der Waals surface area contributed by atoms with Crippen molar-refractivity contribution in [1.82, 2.24) is 0 Å². The molecule has 1 fully saturated rings. The van der Waals surface area contributed by atoms with E-state index in [1.807, 2.05) is 12.1 Å². The van der Waals surface area contributed by atoms with Gasteiger partial charge in [-0.1, -0.05) is 72.8 Å². The van der Waals surface area contributed by atoms with Gasteiger partial charge in [0.1, 0.15) is 12.4 Å². The van der Waals surface area contributed by atoms with E-state index in [1.54, 1.807) is 0 Å². The van der Waals surface area contributed by atoms with Crippen LogP contribution in [0.15, 0.2) is 84.9 Å². The van der Waals surface area contributed by atoms with Gasteiger partial charge in [-0.2, -0.15) is 0 Å². The molecule has 1 aliphatic carbocycles. The van der Waals surface area contributed by atoms with Crippen LogP contribution in [0.2, 0.25) is 0 Å². The molecule has 3 aromatic carbocycles. The van der Waals surface area contributed by atoms with E-state index in [0.717, 1.165) is 18.0 Å². The van der Waals surface area contributed by atoms with Gasteiger partial charge in [0.2, 0.25) is 0 Å². The van der Waals surface area contributed by atoms with Crippen LogP contribution < -0.4 is 20.2 Å². The first-order valence-corrected chi connectivity index (χ1v) is 15.0. The highest BCUT2D eigenvalue weighted by atomic mass is 31.1. The van der Waals surface area contributed by atoms with E-state index in [1.165, 1.54) is 22.2 Å². The zero-order valence-electron chi connectivity index (χ0n) is 22.6. The highest BCUT2D eigenvalue weighted by molar-refractivity contribution is 7.76. The Hall–Kier alpha value is -2.43. The number of ether oxygens (including phenoxy) is 4. The molecule has 1 aliphatic heterocycles. The predicted octanol–water partition coefficient (Wildman–Crippen LogP) is 5.19. The van der Waals surface area contributed by atoms with Gasteiger partial charge in [-0.3, -0.25) is 0 Å². The van der Waals surface area contributed by atoms with E-state index in [0.29, 0.717) is 46.2 Å². The third kappa shape index (κ3) is 7.41. The summed E-state index contributed by atoms with van der Waals surface area (Å²) in [5.74, 6) is 2.19. The van der Waals surface area contributed by atoms with Crippen LogP contribution in [-0.2, 0) is 14.2 Å². The topological polar surface area (TPSA) is 40.2 Å². The second-order valence-electron chi connectivity index (χ2n) is 9.40. The predicted molar refractivity (Wildman–Crippen MR) is 160 cm³/mol. The Morgan fingerprint density at radius 1 is 0.641 bits per heavy atom. The minimum atomic E-state index is -0.711. The fraction of sp³-hybridized carbons (Fsp3) is 0.303. The summed E-state index contributed by atoms with van der Waals surface area (Å²) in [7, 11) is -0.711. The molecule has 0 amide bonds. The lowest BCUT2D eigenvalue weighted by molar-refractivity contribution is 0.0110. The number of anilines is 1. The summed E-state index contributed by atoms with van der Waals surface area (Å²) >= 11 is 0. The molecule has 39 heavy (non-hydrogen) atoms. The van der Waals surface area contributed by atoms with Crippen molar-refractivity contribution in [3.8, 4) is 5.75 Å². The molecule has 2 aliphatic rings. The van der Waals surface area contributed by atoms with E-state index in [9.17, 15) is 0 Å². The van der Waals surface area contributed by atoms with Gasteiger partial charge in [0, 0.05) is 24.2 Å². The maximum absolute atomic E-state index is 6.23. The molecule has 6 heteroatoms. The third-order valence-electron chi connectivity index (χ3n) is 6.89. The lowest BCUT2D eigenvalue weighted by Gasteiger charge is -2.39. The molecule has 0 saturated heterocycles. The number of nitrogens with zero attached hydrogens (tertiary/aromatic N) is 1. The van der Waals surface area contributed by atoms with Gasteiger partial charge < -0.3 is 23.8 Å². The van der Waals surface area contributed by atoms with Crippen LogP contribution in [0.1, 0.15) is 6.92 Å². The number of para-hydroxylation sites is 2. The van der Waals surface area contributed by atoms with Gasteiger partial charge in [0.25, 0.3) is 0 Å². The molecular formula is C33H37NO4P. The van der Waals surface area contributed by atoms with Crippen LogP contribution >= 0.6 is 7.92 Å². The second-order valence-corrected chi connectivity index (χ2v) is 11.6. The fourth-order valence-corrected chi connectivity index (χ4v) is 7.54. The molecule has 0 aromatic heterocycles. The Labute approximate surface area is 235 Å². The molecule has 0 bridgehead atoms. The van der Waals surface area contributed by atoms with Crippen molar-refractivity contribution in [1.29, 1.82) is 0 Å². The molecule has 0 N–H and O–H groups in total. The smallest absolute Gasteiger partial charge is 0.142 e. The van der Waals surface area contributed by atoms with Crippen LogP contribution in [0.25, 0.3) is 0 Å². The van der Waals surface area contributed by atoms with Gasteiger partial charge in [-0.05, 0) is 56.8 Å². The van der Waals surface area contributed by atoms with Gasteiger partial charge in [0.15, 0.2) is 0 Å². The standard InChI is InChI=1S/C33H37NO4P/c1-27(30-15-10-18-33(30)39(28-11-4-2-5-12-28)29-13-6-3-7-14-29)34-19-20-35-21-22-36-23-24-37-25-26-38-32-17-9-8-16-31(32)34/h2-18,27H,19-26H2,1H3/t27-/m1/s1. The van der Waals surface area contributed by atoms with Crippen molar-refractivity contribution in [3.05, 3.63) is 116 Å². The Bertz CT molecular complexity index is 1080. The largest absolute Gasteiger partial charge is 0.489 e. The van der Waals surface area contributed by atoms with Crippen LogP contribution in [-0.4, -0.2) is 58.8 Å². The number of rotatable bonds is 5. The SMILES string of the molecule is C[C@H]([C]1[CH][CH][CH][C]1P(c1ccccc1)c1ccccc1)N1CCOCCOCCOCCOc2ccccc21. The lowest BCUT2D eigenvalue weighted by atomic mass is 9.97. The summed E-state index contributed by atoms with van der Waals surface area (Å²) in [6, 6.07) is 30.2. The molecule has 0 spiro atoms. The van der Waals surface area contributed by atoms with Crippen molar-refractivity contribution in [2.75, 3.05) is 57.7 Å². The highest BCUT2D eigenvalue weighted by Crippen LogP contribution is 2.57. The first kappa shape index (κ1) is 28.1. The Kier molecular flexibility index (Phi) is 10.7. The molecule has 3 aromatic rings. The maximum atomic E-state index is 6.23. The summed E-state index contributed by atoms with van der Waals surface area (Å²) < 4.78 is 23.5. The highest BCUT2D eigenvalue weighted by Gasteiger charge is 2.41. The number of hydrogen-bond donors (Lipinski definition) is 0. The third-order valence-corrected chi connectivity index (χ3v) is 9.41. The van der Waals surface area contributed by atoms with Crippen molar-refractivity contribution >= 4 is 24.2 Å². The number of benzene rings is 3. The molecule has 1 atom stereocenters. The summed E-state index contributed by atoms with van der Waals surface area (Å²) in [6.07, 6.45) is 6.78. The second kappa shape index (κ2) is 14.8. The number of hydrogen-bond acceptors (Lipinski definition) is 5. The van der Waals surface area contributed by atoms with Crippen molar-refractivity contribution in [2.24, 2.45) is 0 Å². The Morgan fingerprint density at radius 3 is 1.87 bits per heavy atom. The molecule has 5 rings (SSSR count). The van der Waals surface area contributed by atoms with Crippen LogP contribution in [0, 0.1) is 30.8 Å². The first-order chi connectivity index (χ1) is 19.3. The van der Waals surface area contributed by atoms with Crippen molar-refractivity contribution in [3.63, 3.8) is 0 Å². The van der Waals surface area contributed by atoms with E-state index in [4.69, 9.17) is 18.9 Å². The summed E-state index contributed by atoms with van der Waals surface area (Å²) in [5, 5.41) is 2.70. The van der Waals surface area contributed by atoms with E-state index in [-0.39, 0.29) is 6.04 Å². The molecule has 1 saturated carbocycles.